The molecule has 1 aromatic rings. The van der Waals surface area contributed by atoms with E-state index in [0.717, 1.165) is 12.8 Å². The Morgan fingerprint density at radius 3 is 2.62 bits per heavy atom. The number of anilines is 1. The van der Waals surface area contributed by atoms with E-state index in [4.69, 9.17) is 18.0 Å². The average Bonchev–Trinajstić information content (AvgIpc) is 2.18. The van der Waals surface area contributed by atoms with E-state index >= 15 is 0 Å². The minimum absolute atomic E-state index is 0.0472. The molecule has 16 heavy (non-hydrogen) atoms. The molecule has 1 aliphatic rings. The monoisotopic (exact) mass is 238 g/mol. The van der Waals surface area contributed by atoms with Gasteiger partial charge in [-0.15, -0.1) is 0 Å². The van der Waals surface area contributed by atoms with Gasteiger partial charge in [-0.05, 0) is 44.4 Å². The first-order valence-electron chi connectivity index (χ1n) is 5.38. The molecule has 0 heterocycles. The lowest BCUT2D eigenvalue weighted by atomic mass is 9.78. The lowest BCUT2D eigenvalue weighted by molar-refractivity contribution is 0.305. The number of nitrogens with one attached hydrogen (secondary N) is 1. The molecule has 1 aromatic carbocycles. The largest absolute Gasteiger partial charge is 0.389 e. The number of hydrogen-bond donors (Lipinski definition) is 2. The maximum atomic E-state index is 13.7. The van der Waals surface area contributed by atoms with Crippen LogP contribution in [0.15, 0.2) is 18.2 Å². The second-order valence-electron chi connectivity index (χ2n) is 4.60. The van der Waals surface area contributed by atoms with Crippen LogP contribution in [-0.2, 0) is 0 Å². The van der Waals surface area contributed by atoms with Crippen molar-refractivity contribution in [3.8, 4) is 0 Å². The van der Waals surface area contributed by atoms with Gasteiger partial charge in [0.2, 0.25) is 0 Å². The zero-order valence-electron chi connectivity index (χ0n) is 9.22. The van der Waals surface area contributed by atoms with Gasteiger partial charge in [0, 0.05) is 11.1 Å². The van der Waals surface area contributed by atoms with Gasteiger partial charge in [-0.3, -0.25) is 0 Å². The predicted molar refractivity (Wildman–Crippen MR) is 68.2 cm³/mol. The summed E-state index contributed by atoms with van der Waals surface area (Å²) in [5.41, 5.74) is 6.59. The van der Waals surface area contributed by atoms with Crippen LogP contribution in [0.3, 0.4) is 0 Å². The van der Waals surface area contributed by atoms with Crippen molar-refractivity contribution in [1.82, 2.24) is 0 Å². The van der Waals surface area contributed by atoms with Crippen LogP contribution in [0.4, 0.5) is 10.1 Å². The summed E-state index contributed by atoms with van der Waals surface area (Å²) in [7, 11) is 0. The van der Waals surface area contributed by atoms with E-state index < -0.39 is 0 Å². The van der Waals surface area contributed by atoms with Crippen molar-refractivity contribution in [1.29, 1.82) is 0 Å². The molecule has 0 aromatic heterocycles. The molecule has 0 radical (unpaired) electrons. The van der Waals surface area contributed by atoms with Gasteiger partial charge < -0.3 is 11.1 Å². The lowest BCUT2D eigenvalue weighted by Crippen LogP contribution is -2.41. The second-order valence-corrected chi connectivity index (χ2v) is 5.04. The highest BCUT2D eigenvalue weighted by Gasteiger charge is 2.31. The molecule has 0 aliphatic heterocycles. The second kappa shape index (κ2) is 4.01. The van der Waals surface area contributed by atoms with E-state index in [1.165, 1.54) is 12.5 Å². The summed E-state index contributed by atoms with van der Waals surface area (Å²) in [6.45, 7) is 2.11. The van der Waals surface area contributed by atoms with Gasteiger partial charge in [-0.2, -0.15) is 0 Å². The minimum atomic E-state index is -0.293. The molecule has 0 bridgehead atoms. The van der Waals surface area contributed by atoms with E-state index in [0.29, 0.717) is 11.3 Å². The summed E-state index contributed by atoms with van der Waals surface area (Å²) >= 11 is 4.80. The van der Waals surface area contributed by atoms with Crippen LogP contribution in [0.5, 0.6) is 0 Å². The molecular weight excluding hydrogens is 223 g/mol. The molecule has 0 amide bonds. The fraction of sp³-hybridized carbons (Fsp3) is 0.417. The third-order valence-electron chi connectivity index (χ3n) is 3.15. The Labute approximate surface area is 100 Å². The first-order chi connectivity index (χ1) is 7.50. The fourth-order valence-corrected chi connectivity index (χ4v) is 2.05. The quantitative estimate of drug-likeness (QED) is 0.795. The zero-order valence-corrected chi connectivity index (χ0v) is 10.0. The molecule has 0 unspecified atom stereocenters. The van der Waals surface area contributed by atoms with E-state index in [2.05, 4.69) is 12.2 Å². The Hall–Kier alpha value is -1.16. The topological polar surface area (TPSA) is 38.0 Å². The van der Waals surface area contributed by atoms with Crippen LogP contribution >= 0.6 is 12.2 Å². The zero-order chi connectivity index (χ0) is 11.8. The Kier molecular flexibility index (Phi) is 2.84. The van der Waals surface area contributed by atoms with Crippen molar-refractivity contribution in [2.75, 3.05) is 5.32 Å². The molecule has 3 N–H and O–H groups in total. The maximum absolute atomic E-state index is 13.7. The highest BCUT2D eigenvalue weighted by atomic mass is 32.1. The Bertz CT molecular complexity index is 427. The minimum Gasteiger partial charge on any atom is -0.389 e. The molecule has 4 heteroatoms. The maximum Gasteiger partial charge on any atom is 0.146 e. The normalized spacial score (nSPS) is 17.6. The highest BCUT2D eigenvalue weighted by molar-refractivity contribution is 7.80. The van der Waals surface area contributed by atoms with Gasteiger partial charge >= 0.3 is 0 Å². The third kappa shape index (κ3) is 2.16. The fourth-order valence-electron chi connectivity index (χ4n) is 1.93. The number of thiocarbonyl (C=S) groups is 1. The van der Waals surface area contributed by atoms with E-state index in [-0.39, 0.29) is 16.3 Å². The summed E-state index contributed by atoms with van der Waals surface area (Å²) in [5, 5.41) is 3.23. The number of benzene rings is 1. The molecular formula is C12H15FN2S. The molecule has 0 atom stereocenters. The van der Waals surface area contributed by atoms with Crippen molar-refractivity contribution in [3.63, 3.8) is 0 Å². The number of halogens is 1. The van der Waals surface area contributed by atoms with Gasteiger partial charge in [0.15, 0.2) is 0 Å². The van der Waals surface area contributed by atoms with Crippen molar-refractivity contribution >= 4 is 22.9 Å². The average molecular weight is 238 g/mol. The Morgan fingerprint density at radius 2 is 2.19 bits per heavy atom. The molecule has 0 saturated heterocycles. The first-order valence-corrected chi connectivity index (χ1v) is 5.79. The smallest absolute Gasteiger partial charge is 0.146 e. The summed E-state index contributed by atoms with van der Waals surface area (Å²) in [4.78, 5) is 0.223. The van der Waals surface area contributed by atoms with Crippen molar-refractivity contribution < 1.29 is 4.39 Å². The molecule has 1 fully saturated rings. The summed E-state index contributed by atoms with van der Waals surface area (Å²) in [6.07, 6.45) is 3.38. The van der Waals surface area contributed by atoms with Gasteiger partial charge in [-0.1, -0.05) is 12.2 Å². The van der Waals surface area contributed by atoms with Crippen LogP contribution < -0.4 is 11.1 Å². The Morgan fingerprint density at radius 1 is 1.50 bits per heavy atom. The molecule has 2 rings (SSSR count). The van der Waals surface area contributed by atoms with Crippen LogP contribution in [0, 0.1) is 5.82 Å². The Balaban J connectivity index is 2.19. The molecule has 0 spiro atoms. The summed E-state index contributed by atoms with van der Waals surface area (Å²) in [5.74, 6) is -0.293. The van der Waals surface area contributed by atoms with Crippen molar-refractivity contribution in [3.05, 3.63) is 29.6 Å². The van der Waals surface area contributed by atoms with E-state index in [9.17, 15) is 4.39 Å². The van der Waals surface area contributed by atoms with Crippen LogP contribution in [0.2, 0.25) is 0 Å². The summed E-state index contributed by atoms with van der Waals surface area (Å²) in [6, 6.07) is 4.83. The van der Waals surface area contributed by atoms with Gasteiger partial charge in [0.05, 0.1) is 5.69 Å². The molecule has 1 aliphatic carbocycles. The van der Waals surface area contributed by atoms with Crippen molar-refractivity contribution in [2.45, 2.75) is 31.7 Å². The van der Waals surface area contributed by atoms with Gasteiger partial charge in [0.25, 0.3) is 0 Å². The van der Waals surface area contributed by atoms with Crippen LogP contribution in [0.25, 0.3) is 0 Å². The van der Waals surface area contributed by atoms with Gasteiger partial charge in [-0.25, -0.2) is 4.39 Å². The van der Waals surface area contributed by atoms with Gasteiger partial charge in [0.1, 0.15) is 10.8 Å². The lowest BCUT2D eigenvalue weighted by Gasteiger charge is -2.40. The molecule has 86 valence electrons. The summed E-state index contributed by atoms with van der Waals surface area (Å²) < 4.78 is 13.7. The SMILES string of the molecule is CC1(Nc2ccc(C(N)=S)cc2F)CCC1. The highest BCUT2D eigenvalue weighted by Crippen LogP contribution is 2.35. The third-order valence-corrected chi connectivity index (χ3v) is 3.38. The predicted octanol–water partition coefficient (Wildman–Crippen LogP) is 2.81. The van der Waals surface area contributed by atoms with Crippen molar-refractivity contribution in [2.24, 2.45) is 5.73 Å². The molecule has 1 saturated carbocycles. The van der Waals surface area contributed by atoms with Crippen LogP contribution in [0.1, 0.15) is 31.7 Å². The first kappa shape index (κ1) is 11.3. The van der Waals surface area contributed by atoms with Crippen LogP contribution in [-0.4, -0.2) is 10.5 Å². The standard InChI is InChI=1S/C12H15FN2S/c1-12(5-2-6-12)15-10-4-3-8(11(14)16)7-9(10)13/h3-4,7,15H,2,5-6H2,1H3,(H2,14,16). The van der Waals surface area contributed by atoms with E-state index in [1.807, 2.05) is 0 Å². The molecule has 2 nitrogen and oxygen atoms in total. The number of rotatable bonds is 3. The number of hydrogen-bond acceptors (Lipinski definition) is 2. The number of nitrogens with two attached hydrogens (primary N) is 1. The van der Waals surface area contributed by atoms with E-state index in [1.54, 1.807) is 12.1 Å².